The molecule has 0 saturated heterocycles. The predicted molar refractivity (Wildman–Crippen MR) is 53.4 cm³/mol. The Morgan fingerprint density at radius 2 is 1.92 bits per heavy atom. The molecule has 0 aliphatic carbocycles. The number of hydrogen-bond donors (Lipinski definition) is 1. The molecule has 0 aromatic carbocycles. The lowest BCUT2D eigenvalue weighted by molar-refractivity contribution is 0.0628. The Bertz CT molecular complexity index is 102. The van der Waals surface area contributed by atoms with Crippen LogP contribution in [0.15, 0.2) is 0 Å². The summed E-state index contributed by atoms with van der Waals surface area (Å²) >= 11 is 0. The lowest BCUT2D eigenvalue weighted by atomic mass is 9.95. The first-order valence-electron chi connectivity index (χ1n) is 4.91. The summed E-state index contributed by atoms with van der Waals surface area (Å²) in [5.41, 5.74) is 0.269. The van der Waals surface area contributed by atoms with Crippen LogP contribution in [0.1, 0.15) is 34.1 Å². The summed E-state index contributed by atoms with van der Waals surface area (Å²) in [6.45, 7) is 12.5. The molecule has 0 atom stereocenters. The van der Waals surface area contributed by atoms with Crippen LogP contribution in [-0.2, 0) is 4.74 Å². The molecule has 0 aromatic rings. The van der Waals surface area contributed by atoms with Crippen molar-refractivity contribution in [2.45, 2.75) is 34.1 Å². The average Bonchev–Trinajstić information content (AvgIpc) is 2.01. The molecule has 12 heavy (non-hydrogen) atoms. The molecule has 0 heterocycles. The number of nitrogens with one attached hydrogen (secondary N) is 1. The molecule has 0 rings (SSSR count). The molecule has 0 amide bonds. The van der Waals surface area contributed by atoms with Crippen molar-refractivity contribution in [3.8, 4) is 0 Å². The minimum Gasteiger partial charge on any atom is -0.381 e. The molecular weight excluding hydrogens is 150 g/mol. The largest absolute Gasteiger partial charge is 0.381 e. The SMILES string of the molecule is CCCOCC(C)(C)CNCC. The molecule has 0 spiro atoms. The zero-order valence-electron chi connectivity index (χ0n) is 8.94. The maximum Gasteiger partial charge on any atom is 0.0529 e. The van der Waals surface area contributed by atoms with Crippen molar-refractivity contribution in [3.05, 3.63) is 0 Å². The van der Waals surface area contributed by atoms with Crippen molar-refractivity contribution in [2.24, 2.45) is 5.41 Å². The highest BCUT2D eigenvalue weighted by Crippen LogP contribution is 2.13. The minimum absolute atomic E-state index is 0.269. The molecule has 0 aliphatic rings. The Kier molecular flexibility index (Phi) is 6.39. The summed E-state index contributed by atoms with van der Waals surface area (Å²) < 4.78 is 5.50. The summed E-state index contributed by atoms with van der Waals surface area (Å²) in [6, 6.07) is 0. The summed E-state index contributed by atoms with van der Waals surface area (Å²) in [5, 5.41) is 3.34. The van der Waals surface area contributed by atoms with Crippen LogP contribution in [0.25, 0.3) is 0 Å². The van der Waals surface area contributed by atoms with Gasteiger partial charge in [-0.3, -0.25) is 0 Å². The van der Waals surface area contributed by atoms with Gasteiger partial charge in [0.2, 0.25) is 0 Å². The fourth-order valence-electron chi connectivity index (χ4n) is 1.01. The van der Waals surface area contributed by atoms with E-state index in [9.17, 15) is 0 Å². The molecule has 1 N–H and O–H groups in total. The molecule has 2 heteroatoms. The van der Waals surface area contributed by atoms with Crippen LogP contribution in [0, 0.1) is 5.41 Å². The highest BCUT2D eigenvalue weighted by molar-refractivity contribution is 4.70. The molecule has 2 nitrogen and oxygen atoms in total. The Labute approximate surface area is 76.7 Å². The van der Waals surface area contributed by atoms with Gasteiger partial charge in [0.05, 0.1) is 6.61 Å². The van der Waals surface area contributed by atoms with Gasteiger partial charge < -0.3 is 10.1 Å². The van der Waals surface area contributed by atoms with E-state index in [0.29, 0.717) is 0 Å². The average molecular weight is 173 g/mol. The Morgan fingerprint density at radius 1 is 1.25 bits per heavy atom. The van der Waals surface area contributed by atoms with Crippen molar-refractivity contribution in [2.75, 3.05) is 26.3 Å². The van der Waals surface area contributed by atoms with Crippen LogP contribution < -0.4 is 5.32 Å². The maximum absolute atomic E-state index is 5.50. The van der Waals surface area contributed by atoms with Crippen LogP contribution in [0.4, 0.5) is 0 Å². The number of rotatable bonds is 7. The minimum atomic E-state index is 0.269. The van der Waals surface area contributed by atoms with Gasteiger partial charge in [-0.05, 0) is 13.0 Å². The summed E-state index contributed by atoms with van der Waals surface area (Å²) in [5.74, 6) is 0. The number of ether oxygens (including phenoxy) is 1. The third kappa shape index (κ3) is 6.62. The second kappa shape index (κ2) is 6.44. The third-order valence-corrected chi connectivity index (χ3v) is 1.69. The van der Waals surface area contributed by atoms with E-state index in [-0.39, 0.29) is 5.41 Å². The Morgan fingerprint density at radius 3 is 2.42 bits per heavy atom. The lowest BCUT2D eigenvalue weighted by Gasteiger charge is -2.24. The Balaban J connectivity index is 3.42. The van der Waals surface area contributed by atoms with Gasteiger partial charge in [0, 0.05) is 18.6 Å². The topological polar surface area (TPSA) is 21.3 Å². The zero-order valence-corrected chi connectivity index (χ0v) is 8.94. The number of hydrogen-bond acceptors (Lipinski definition) is 2. The predicted octanol–water partition coefficient (Wildman–Crippen LogP) is 2.05. The molecule has 0 aromatic heterocycles. The summed E-state index contributed by atoms with van der Waals surface area (Å²) in [6.07, 6.45) is 1.11. The molecule has 0 radical (unpaired) electrons. The smallest absolute Gasteiger partial charge is 0.0529 e. The van der Waals surface area contributed by atoms with Gasteiger partial charge in [-0.2, -0.15) is 0 Å². The first kappa shape index (κ1) is 11.9. The monoisotopic (exact) mass is 173 g/mol. The molecule has 0 fully saturated rings. The normalized spacial score (nSPS) is 12.0. The van der Waals surface area contributed by atoms with E-state index in [0.717, 1.165) is 32.7 Å². The van der Waals surface area contributed by atoms with Gasteiger partial charge in [0.15, 0.2) is 0 Å². The van der Waals surface area contributed by atoms with Crippen molar-refractivity contribution < 1.29 is 4.74 Å². The van der Waals surface area contributed by atoms with E-state index >= 15 is 0 Å². The quantitative estimate of drug-likeness (QED) is 0.595. The van der Waals surface area contributed by atoms with Crippen molar-refractivity contribution in [3.63, 3.8) is 0 Å². The van der Waals surface area contributed by atoms with E-state index in [2.05, 4.69) is 33.0 Å². The molecule has 0 saturated carbocycles. The van der Waals surface area contributed by atoms with Crippen molar-refractivity contribution in [1.29, 1.82) is 0 Å². The fraction of sp³-hybridized carbons (Fsp3) is 1.00. The van der Waals surface area contributed by atoms with E-state index in [4.69, 9.17) is 4.74 Å². The van der Waals surface area contributed by atoms with Gasteiger partial charge in [-0.25, -0.2) is 0 Å². The summed E-state index contributed by atoms with van der Waals surface area (Å²) in [4.78, 5) is 0. The summed E-state index contributed by atoms with van der Waals surface area (Å²) in [7, 11) is 0. The van der Waals surface area contributed by atoms with Crippen LogP contribution in [-0.4, -0.2) is 26.3 Å². The van der Waals surface area contributed by atoms with Gasteiger partial charge in [-0.1, -0.05) is 27.7 Å². The van der Waals surface area contributed by atoms with Crippen molar-refractivity contribution in [1.82, 2.24) is 5.32 Å². The van der Waals surface area contributed by atoms with E-state index in [1.54, 1.807) is 0 Å². The molecular formula is C10H23NO. The second-order valence-electron chi connectivity index (χ2n) is 4.00. The van der Waals surface area contributed by atoms with Gasteiger partial charge in [0.1, 0.15) is 0 Å². The van der Waals surface area contributed by atoms with Gasteiger partial charge in [-0.15, -0.1) is 0 Å². The molecule has 0 aliphatic heterocycles. The van der Waals surface area contributed by atoms with Gasteiger partial charge >= 0.3 is 0 Å². The molecule has 0 bridgehead atoms. The van der Waals surface area contributed by atoms with Gasteiger partial charge in [0.25, 0.3) is 0 Å². The van der Waals surface area contributed by atoms with E-state index < -0.39 is 0 Å². The van der Waals surface area contributed by atoms with Crippen LogP contribution in [0.2, 0.25) is 0 Å². The molecule has 0 unspecified atom stereocenters. The second-order valence-corrected chi connectivity index (χ2v) is 4.00. The van der Waals surface area contributed by atoms with Crippen LogP contribution >= 0.6 is 0 Å². The zero-order chi connectivity index (χ0) is 9.45. The fourth-order valence-corrected chi connectivity index (χ4v) is 1.01. The first-order chi connectivity index (χ1) is 5.62. The van der Waals surface area contributed by atoms with Crippen LogP contribution in [0.5, 0.6) is 0 Å². The Hall–Kier alpha value is -0.0800. The highest BCUT2D eigenvalue weighted by atomic mass is 16.5. The third-order valence-electron chi connectivity index (χ3n) is 1.69. The first-order valence-corrected chi connectivity index (χ1v) is 4.91. The van der Waals surface area contributed by atoms with Crippen molar-refractivity contribution >= 4 is 0 Å². The molecule has 74 valence electrons. The highest BCUT2D eigenvalue weighted by Gasteiger charge is 2.16. The van der Waals surface area contributed by atoms with E-state index in [1.165, 1.54) is 0 Å². The lowest BCUT2D eigenvalue weighted by Crippen LogP contribution is -2.33. The maximum atomic E-state index is 5.50. The van der Waals surface area contributed by atoms with E-state index in [1.807, 2.05) is 0 Å². The van der Waals surface area contributed by atoms with Crippen LogP contribution in [0.3, 0.4) is 0 Å². The standard InChI is InChI=1S/C10H23NO/c1-5-7-12-9-10(3,4)8-11-6-2/h11H,5-9H2,1-4H3.